The molecule has 1 saturated carbocycles. The third-order valence-electron chi connectivity index (χ3n) is 8.23. The largest absolute Gasteiger partial charge is 0.478 e. The molecule has 1 spiro atoms. The van der Waals surface area contributed by atoms with Crippen LogP contribution in [0.2, 0.25) is 5.02 Å². The van der Waals surface area contributed by atoms with Gasteiger partial charge in [-0.05, 0) is 61.6 Å². The smallest absolute Gasteiger partial charge is 0.335 e. The van der Waals surface area contributed by atoms with Gasteiger partial charge in [-0.2, -0.15) is 0 Å². The lowest BCUT2D eigenvalue weighted by Crippen LogP contribution is -2.52. The van der Waals surface area contributed by atoms with Gasteiger partial charge in [0.05, 0.1) is 11.5 Å². The normalized spacial score (nSPS) is 28.6. The Morgan fingerprint density at radius 1 is 1.12 bits per heavy atom. The summed E-state index contributed by atoms with van der Waals surface area (Å²) in [5.74, 6) is -0.850. The number of nitrogens with one attached hydrogen (secondary N) is 1. The second-order valence-electron chi connectivity index (χ2n) is 9.99. The van der Waals surface area contributed by atoms with Crippen molar-refractivity contribution in [2.45, 2.75) is 43.7 Å². The number of carboxylic acids is 1. The highest BCUT2D eigenvalue weighted by Gasteiger charge is 2.64. The average Bonchev–Trinajstić information content (AvgIpc) is 3.56. The van der Waals surface area contributed by atoms with Crippen LogP contribution in [0.3, 0.4) is 0 Å². The van der Waals surface area contributed by atoms with E-state index in [4.69, 9.17) is 11.6 Å². The number of fused-ring (bicyclic) bond motifs is 3. The fraction of sp³-hybridized carbons (Fsp3) is 0.423. The predicted octanol–water partition coefficient (Wildman–Crippen LogP) is 4.11. The third kappa shape index (κ3) is 3.10. The van der Waals surface area contributed by atoms with E-state index in [1.807, 2.05) is 12.1 Å². The van der Waals surface area contributed by atoms with Gasteiger partial charge in [-0.1, -0.05) is 30.5 Å². The van der Waals surface area contributed by atoms with Gasteiger partial charge in [0.15, 0.2) is 0 Å². The van der Waals surface area contributed by atoms with Crippen LogP contribution in [-0.4, -0.2) is 46.9 Å². The summed E-state index contributed by atoms with van der Waals surface area (Å²) in [7, 11) is 0. The minimum atomic E-state index is -0.994. The fourth-order valence-electron chi connectivity index (χ4n) is 6.62. The standard InChI is InChI=1S/C26H26ClN3O4/c27-17-7-10-20-21(11-17)28-25(34)26(20)12-19-22(30(26)13-15-3-1-2-4-15)14-29(23(19)31)18-8-5-16(6-9-18)24(32)33/h5-11,15,19,22H,1-4,12-14H2,(H,28,34)(H,32,33)/t19-,22-,26-/m1/s1. The highest BCUT2D eigenvalue weighted by atomic mass is 35.5. The maximum absolute atomic E-state index is 13.6. The topological polar surface area (TPSA) is 89.9 Å². The molecule has 7 nitrogen and oxygen atoms in total. The van der Waals surface area contributed by atoms with Crippen molar-refractivity contribution >= 4 is 40.8 Å². The van der Waals surface area contributed by atoms with Crippen molar-refractivity contribution in [3.05, 3.63) is 58.6 Å². The minimum absolute atomic E-state index is 0.00316. The number of likely N-dealkylation sites (tertiary alicyclic amines) is 1. The molecule has 2 N–H and O–H groups in total. The maximum Gasteiger partial charge on any atom is 0.335 e. The van der Waals surface area contributed by atoms with E-state index >= 15 is 0 Å². The molecule has 2 aromatic carbocycles. The van der Waals surface area contributed by atoms with Gasteiger partial charge in [0, 0.05) is 41.1 Å². The fourth-order valence-corrected chi connectivity index (χ4v) is 6.79. The summed E-state index contributed by atoms with van der Waals surface area (Å²) < 4.78 is 0. The Hall–Kier alpha value is -2.90. The molecular weight excluding hydrogens is 454 g/mol. The SMILES string of the molecule is O=C(O)c1ccc(N2C[C@@H]3[C@@H](C[C@@]4(C(=O)Nc5cc(Cl)ccc54)N3CC3CCCC3)C2=O)cc1. The lowest BCUT2D eigenvalue weighted by Gasteiger charge is -2.39. The van der Waals surface area contributed by atoms with Crippen LogP contribution >= 0.6 is 11.6 Å². The summed E-state index contributed by atoms with van der Waals surface area (Å²) in [5.41, 5.74) is 1.69. The van der Waals surface area contributed by atoms with E-state index in [0.717, 1.165) is 30.6 Å². The van der Waals surface area contributed by atoms with E-state index in [2.05, 4.69) is 10.2 Å². The first kappa shape index (κ1) is 21.6. The molecule has 2 saturated heterocycles. The summed E-state index contributed by atoms with van der Waals surface area (Å²) in [4.78, 5) is 42.5. The number of benzene rings is 2. The van der Waals surface area contributed by atoms with Gasteiger partial charge in [0.25, 0.3) is 0 Å². The number of halogens is 1. The number of amides is 2. The molecule has 0 aromatic heterocycles. The Morgan fingerprint density at radius 2 is 1.85 bits per heavy atom. The van der Waals surface area contributed by atoms with Crippen LogP contribution in [0.15, 0.2) is 42.5 Å². The summed E-state index contributed by atoms with van der Waals surface area (Å²) in [6.45, 7) is 1.27. The Morgan fingerprint density at radius 3 is 2.56 bits per heavy atom. The van der Waals surface area contributed by atoms with Gasteiger partial charge in [0.2, 0.25) is 11.8 Å². The molecule has 0 radical (unpaired) electrons. The van der Waals surface area contributed by atoms with Crippen LogP contribution in [0.5, 0.6) is 0 Å². The molecule has 1 aliphatic carbocycles. The van der Waals surface area contributed by atoms with Gasteiger partial charge >= 0.3 is 5.97 Å². The van der Waals surface area contributed by atoms with Crippen LogP contribution in [0.25, 0.3) is 0 Å². The molecule has 2 amide bonds. The number of carbonyl (C=O) groups excluding carboxylic acids is 2. The van der Waals surface area contributed by atoms with Crippen LogP contribution in [0, 0.1) is 11.8 Å². The van der Waals surface area contributed by atoms with E-state index in [1.165, 1.54) is 25.0 Å². The second-order valence-corrected chi connectivity index (χ2v) is 10.4. The number of hydrogen-bond acceptors (Lipinski definition) is 4. The van der Waals surface area contributed by atoms with Crippen molar-refractivity contribution in [1.29, 1.82) is 0 Å². The summed E-state index contributed by atoms with van der Waals surface area (Å²) in [6, 6.07) is 11.9. The molecule has 176 valence electrons. The van der Waals surface area contributed by atoms with E-state index in [1.54, 1.807) is 23.1 Å². The zero-order valence-electron chi connectivity index (χ0n) is 18.7. The Kier molecular flexibility index (Phi) is 4.97. The molecule has 34 heavy (non-hydrogen) atoms. The van der Waals surface area contributed by atoms with Gasteiger partial charge < -0.3 is 15.3 Å². The average molecular weight is 480 g/mol. The van der Waals surface area contributed by atoms with Crippen molar-refractivity contribution in [3.8, 4) is 0 Å². The van der Waals surface area contributed by atoms with Crippen molar-refractivity contribution < 1.29 is 19.5 Å². The van der Waals surface area contributed by atoms with Crippen molar-refractivity contribution in [3.63, 3.8) is 0 Å². The van der Waals surface area contributed by atoms with Crippen LogP contribution < -0.4 is 10.2 Å². The summed E-state index contributed by atoms with van der Waals surface area (Å²) >= 11 is 6.21. The number of carbonyl (C=O) groups is 3. The molecule has 3 heterocycles. The van der Waals surface area contributed by atoms with Crippen LogP contribution in [-0.2, 0) is 15.1 Å². The van der Waals surface area contributed by atoms with Gasteiger partial charge in [-0.25, -0.2) is 4.79 Å². The number of rotatable bonds is 4. The predicted molar refractivity (Wildman–Crippen MR) is 128 cm³/mol. The third-order valence-corrected chi connectivity index (χ3v) is 8.46. The van der Waals surface area contributed by atoms with Crippen LogP contribution in [0.1, 0.15) is 48.0 Å². The Bertz CT molecular complexity index is 1190. The van der Waals surface area contributed by atoms with Gasteiger partial charge in [0.1, 0.15) is 5.54 Å². The van der Waals surface area contributed by atoms with E-state index in [-0.39, 0.29) is 29.3 Å². The summed E-state index contributed by atoms with van der Waals surface area (Å²) in [5, 5.41) is 12.8. The molecule has 0 bridgehead atoms. The maximum atomic E-state index is 13.6. The molecule has 0 unspecified atom stereocenters. The molecule has 3 atom stereocenters. The first-order chi connectivity index (χ1) is 16.4. The van der Waals surface area contributed by atoms with Gasteiger partial charge in [-0.3, -0.25) is 14.5 Å². The lowest BCUT2D eigenvalue weighted by atomic mass is 9.85. The number of aromatic carboxylic acids is 1. The van der Waals surface area contributed by atoms with E-state index in [0.29, 0.717) is 29.6 Å². The number of anilines is 2. The first-order valence-corrected chi connectivity index (χ1v) is 12.3. The number of nitrogens with zero attached hydrogens (tertiary/aromatic N) is 2. The highest BCUT2D eigenvalue weighted by Crippen LogP contribution is 2.55. The number of carboxylic acid groups (broad SMARTS) is 1. The quantitative estimate of drug-likeness (QED) is 0.688. The van der Waals surface area contributed by atoms with Gasteiger partial charge in [-0.15, -0.1) is 0 Å². The summed E-state index contributed by atoms with van der Waals surface area (Å²) in [6.07, 6.45) is 5.14. The molecule has 6 rings (SSSR count). The highest BCUT2D eigenvalue weighted by molar-refractivity contribution is 6.31. The zero-order chi connectivity index (χ0) is 23.6. The Labute approximate surface area is 202 Å². The first-order valence-electron chi connectivity index (χ1n) is 11.9. The van der Waals surface area contributed by atoms with Crippen molar-refractivity contribution in [1.82, 2.24) is 4.90 Å². The molecular formula is C26H26ClN3O4. The zero-order valence-corrected chi connectivity index (χ0v) is 19.4. The van der Waals surface area contributed by atoms with Crippen molar-refractivity contribution in [2.75, 3.05) is 23.3 Å². The van der Waals surface area contributed by atoms with Crippen LogP contribution in [0.4, 0.5) is 11.4 Å². The number of hydrogen-bond donors (Lipinski definition) is 2. The molecule has 8 heteroatoms. The molecule has 3 aliphatic heterocycles. The second kappa shape index (κ2) is 7.82. The molecule has 2 aromatic rings. The minimum Gasteiger partial charge on any atom is -0.478 e. The van der Waals surface area contributed by atoms with E-state index in [9.17, 15) is 19.5 Å². The molecule has 4 aliphatic rings. The monoisotopic (exact) mass is 479 g/mol. The van der Waals surface area contributed by atoms with Crippen molar-refractivity contribution in [2.24, 2.45) is 11.8 Å². The molecule has 3 fully saturated rings. The lowest BCUT2D eigenvalue weighted by molar-refractivity contribution is -0.127. The van der Waals surface area contributed by atoms with E-state index < -0.39 is 11.5 Å². The Balaban J connectivity index is 1.37.